The molecule has 0 aromatic heterocycles. The summed E-state index contributed by atoms with van der Waals surface area (Å²) in [5.41, 5.74) is 0.0234. The summed E-state index contributed by atoms with van der Waals surface area (Å²) in [7, 11) is 0. The van der Waals surface area contributed by atoms with Gasteiger partial charge in [0.1, 0.15) is 11.6 Å². The predicted octanol–water partition coefficient (Wildman–Crippen LogP) is 3.17. The first kappa shape index (κ1) is 16.9. The van der Waals surface area contributed by atoms with Crippen LogP contribution < -0.4 is 0 Å². The Labute approximate surface area is 139 Å². The highest BCUT2D eigenvalue weighted by atomic mass is 19.1. The molecule has 3 atom stereocenters. The van der Waals surface area contributed by atoms with Crippen molar-refractivity contribution < 1.29 is 23.5 Å². The molecule has 1 heterocycles. The molecule has 1 aromatic rings. The highest BCUT2D eigenvalue weighted by Gasteiger charge is 2.48. The number of rotatable bonds is 5. The van der Waals surface area contributed by atoms with Gasteiger partial charge in [-0.3, -0.25) is 9.59 Å². The number of benzene rings is 1. The fourth-order valence-corrected chi connectivity index (χ4v) is 3.71. The number of likely N-dealkylation sites (tertiary alicyclic amines) is 1. The average molecular weight is 337 g/mol. The zero-order chi connectivity index (χ0) is 17.3. The second kappa shape index (κ2) is 6.87. The van der Waals surface area contributed by atoms with Crippen LogP contribution in [0.2, 0.25) is 0 Å². The summed E-state index contributed by atoms with van der Waals surface area (Å²) in [5, 5.41) is 8.78. The summed E-state index contributed by atoms with van der Waals surface area (Å²) in [5.74, 6) is -2.59. The van der Waals surface area contributed by atoms with E-state index in [4.69, 9.17) is 5.11 Å². The summed E-state index contributed by atoms with van der Waals surface area (Å²) in [6.07, 6.45) is 2.93. The van der Waals surface area contributed by atoms with E-state index < -0.39 is 17.6 Å². The van der Waals surface area contributed by atoms with Crippen LogP contribution >= 0.6 is 0 Å². The lowest BCUT2D eigenvalue weighted by Crippen LogP contribution is -2.41. The summed E-state index contributed by atoms with van der Waals surface area (Å²) in [4.78, 5) is 25.1. The number of nitrogens with zero attached hydrogens (tertiary/aromatic N) is 1. The van der Waals surface area contributed by atoms with E-state index in [-0.39, 0.29) is 35.6 Å². The van der Waals surface area contributed by atoms with Crippen LogP contribution in [0, 0.1) is 23.5 Å². The fourth-order valence-electron chi connectivity index (χ4n) is 3.71. The number of carbonyl (C=O) groups is 2. The Morgan fingerprint density at radius 1 is 1.25 bits per heavy atom. The van der Waals surface area contributed by atoms with E-state index in [2.05, 4.69) is 0 Å². The molecule has 6 heteroatoms. The lowest BCUT2D eigenvalue weighted by Gasteiger charge is -2.33. The maximum atomic E-state index is 13.8. The molecule has 1 saturated heterocycles. The molecule has 0 bridgehead atoms. The molecule has 0 spiro atoms. The maximum Gasteiger partial charge on any atom is 0.303 e. The summed E-state index contributed by atoms with van der Waals surface area (Å²) in [6, 6.07) is 3.77. The quantitative estimate of drug-likeness (QED) is 0.898. The molecule has 1 aliphatic carbocycles. The molecule has 2 aliphatic rings. The third kappa shape index (κ3) is 3.57. The van der Waals surface area contributed by atoms with Gasteiger partial charge in [-0.1, -0.05) is 6.07 Å². The van der Waals surface area contributed by atoms with Crippen LogP contribution in [0.1, 0.15) is 43.6 Å². The molecule has 1 aromatic carbocycles. The van der Waals surface area contributed by atoms with Crippen LogP contribution in [0.25, 0.3) is 0 Å². The molecule has 24 heavy (non-hydrogen) atoms. The Hall–Kier alpha value is -1.98. The first-order chi connectivity index (χ1) is 11.5. The van der Waals surface area contributed by atoms with Gasteiger partial charge in [0, 0.05) is 36.9 Å². The van der Waals surface area contributed by atoms with E-state index in [1.165, 1.54) is 18.2 Å². The highest BCUT2D eigenvalue weighted by molar-refractivity contribution is 5.83. The van der Waals surface area contributed by atoms with Gasteiger partial charge < -0.3 is 10.0 Å². The monoisotopic (exact) mass is 337 g/mol. The number of carboxylic acids is 1. The van der Waals surface area contributed by atoms with Gasteiger partial charge in [-0.2, -0.15) is 0 Å². The summed E-state index contributed by atoms with van der Waals surface area (Å²) < 4.78 is 27.7. The van der Waals surface area contributed by atoms with Gasteiger partial charge in [-0.05, 0) is 43.7 Å². The molecule has 1 N–H and O–H groups in total. The second-order valence-electron chi connectivity index (χ2n) is 6.81. The number of amides is 1. The average Bonchev–Trinajstić information content (AvgIpc) is 3.32. The third-order valence-electron chi connectivity index (χ3n) is 5.08. The molecule has 0 radical (unpaired) electrons. The van der Waals surface area contributed by atoms with Gasteiger partial charge in [0.25, 0.3) is 0 Å². The molecular weight excluding hydrogens is 316 g/mol. The Morgan fingerprint density at radius 2 is 1.96 bits per heavy atom. The number of hydrogen-bond acceptors (Lipinski definition) is 2. The number of carboxylic acid groups (broad SMARTS) is 1. The minimum atomic E-state index is -0.823. The van der Waals surface area contributed by atoms with Crippen molar-refractivity contribution in [3.05, 3.63) is 35.4 Å². The van der Waals surface area contributed by atoms with Crippen LogP contribution in [0.5, 0.6) is 0 Å². The molecule has 0 unspecified atom stereocenters. The van der Waals surface area contributed by atoms with Gasteiger partial charge in [0.05, 0.1) is 0 Å². The molecule has 3 rings (SSSR count). The minimum absolute atomic E-state index is 0.0234. The van der Waals surface area contributed by atoms with Crippen LogP contribution in [-0.4, -0.2) is 35.0 Å². The zero-order valence-corrected chi connectivity index (χ0v) is 13.4. The number of hydrogen-bond donors (Lipinski definition) is 1. The van der Waals surface area contributed by atoms with Crippen molar-refractivity contribution in [3.63, 3.8) is 0 Å². The number of halogens is 2. The van der Waals surface area contributed by atoms with Gasteiger partial charge >= 0.3 is 5.97 Å². The summed E-state index contributed by atoms with van der Waals surface area (Å²) in [6.45, 7) is 1.19. The van der Waals surface area contributed by atoms with Crippen molar-refractivity contribution in [3.8, 4) is 0 Å². The van der Waals surface area contributed by atoms with Crippen molar-refractivity contribution in [1.82, 2.24) is 4.90 Å². The number of aliphatic carboxylic acids is 1. The van der Waals surface area contributed by atoms with E-state index in [1.807, 2.05) is 0 Å². The van der Waals surface area contributed by atoms with Gasteiger partial charge in [0.2, 0.25) is 5.91 Å². The topological polar surface area (TPSA) is 57.6 Å². The SMILES string of the molecule is O=C(O)CC[C@@H]1CCCN(C(=O)[C@@H]2C[C@H]2c2c(F)cccc2F)C1. The minimum Gasteiger partial charge on any atom is -0.481 e. The third-order valence-corrected chi connectivity index (χ3v) is 5.08. The molecule has 2 fully saturated rings. The van der Waals surface area contributed by atoms with E-state index in [0.717, 1.165) is 12.8 Å². The molecule has 1 aliphatic heterocycles. The molecule has 130 valence electrons. The van der Waals surface area contributed by atoms with E-state index in [1.54, 1.807) is 4.90 Å². The standard InChI is InChI=1S/C18H21F2NO3/c19-14-4-1-5-15(20)17(14)12-9-13(12)18(24)21-8-2-3-11(10-21)6-7-16(22)23/h1,4-5,11-13H,2-3,6-10H2,(H,22,23)/t11-,12+,13+/m0/s1. The number of piperidine rings is 1. The largest absolute Gasteiger partial charge is 0.481 e. The van der Waals surface area contributed by atoms with Crippen molar-refractivity contribution in [2.75, 3.05) is 13.1 Å². The van der Waals surface area contributed by atoms with Crippen LogP contribution in [-0.2, 0) is 9.59 Å². The van der Waals surface area contributed by atoms with E-state index in [0.29, 0.717) is 25.9 Å². The first-order valence-electron chi connectivity index (χ1n) is 8.42. The Morgan fingerprint density at radius 3 is 2.62 bits per heavy atom. The Bertz CT molecular complexity index is 629. The Kier molecular flexibility index (Phi) is 4.83. The molecule has 1 saturated carbocycles. The molecular formula is C18H21F2NO3. The van der Waals surface area contributed by atoms with Crippen LogP contribution in [0.3, 0.4) is 0 Å². The van der Waals surface area contributed by atoms with Crippen molar-refractivity contribution >= 4 is 11.9 Å². The maximum absolute atomic E-state index is 13.8. The van der Waals surface area contributed by atoms with Crippen molar-refractivity contribution in [2.45, 2.75) is 38.0 Å². The lowest BCUT2D eigenvalue weighted by molar-refractivity contribution is -0.137. The Balaban J connectivity index is 1.60. The molecule has 1 amide bonds. The number of carbonyl (C=O) groups excluding carboxylic acids is 1. The predicted molar refractivity (Wildman–Crippen MR) is 83.4 cm³/mol. The van der Waals surface area contributed by atoms with E-state index in [9.17, 15) is 18.4 Å². The van der Waals surface area contributed by atoms with Gasteiger partial charge in [0.15, 0.2) is 0 Å². The summed E-state index contributed by atoms with van der Waals surface area (Å²) >= 11 is 0. The van der Waals surface area contributed by atoms with Crippen molar-refractivity contribution in [2.24, 2.45) is 11.8 Å². The smallest absolute Gasteiger partial charge is 0.303 e. The molecule has 4 nitrogen and oxygen atoms in total. The fraction of sp³-hybridized carbons (Fsp3) is 0.556. The first-order valence-corrected chi connectivity index (χ1v) is 8.42. The van der Waals surface area contributed by atoms with Gasteiger partial charge in [-0.25, -0.2) is 8.78 Å². The van der Waals surface area contributed by atoms with E-state index >= 15 is 0 Å². The van der Waals surface area contributed by atoms with Crippen molar-refractivity contribution in [1.29, 1.82) is 0 Å². The van der Waals surface area contributed by atoms with Gasteiger partial charge in [-0.15, -0.1) is 0 Å². The second-order valence-corrected chi connectivity index (χ2v) is 6.81. The van der Waals surface area contributed by atoms with Crippen LogP contribution in [0.15, 0.2) is 18.2 Å². The highest BCUT2D eigenvalue weighted by Crippen LogP contribution is 2.50. The normalized spacial score (nSPS) is 26.2. The van der Waals surface area contributed by atoms with Crippen LogP contribution in [0.4, 0.5) is 8.78 Å². The zero-order valence-electron chi connectivity index (χ0n) is 13.4. The lowest BCUT2D eigenvalue weighted by atomic mass is 9.93.